The van der Waals surface area contributed by atoms with E-state index in [1.54, 1.807) is 24.3 Å². The summed E-state index contributed by atoms with van der Waals surface area (Å²) in [7, 11) is -3.17. The van der Waals surface area contributed by atoms with Crippen LogP contribution in [0.4, 0.5) is 15.9 Å². The Balaban J connectivity index is 0.000000371. The number of anilines is 2. The zero-order valence-corrected chi connectivity index (χ0v) is 22.7. The highest BCUT2D eigenvalue weighted by Gasteiger charge is 2.10. The second-order valence-electron chi connectivity index (χ2n) is 7.98. The molecule has 0 saturated heterocycles. The minimum absolute atomic E-state index is 0.368. The van der Waals surface area contributed by atoms with Crippen LogP contribution in [0, 0.1) is 12.7 Å². The van der Waals surface area contributed by atoms with Crippen molar-refractivity contribution in [1.82, 2.24) is 15.3 Å². The number of allylic oxidation sites excluding steroid dienone is 1. The van der Waals surface area contributed by atoms with Crippen LogP contribution in [-0.4, -0.2) is 42.8 Å². The number of nitrogens with one attached hydrogen (secondary N) is 2. The summed E-state index contributed by atoms with van der Waals surface area (Å²) in [6.07, 6.45) is 7.21. The summed E-state index contributed by atoms with van der Waals surface area (Å²) in [5.41, 5.74) is 2.54. The summed E-state index contributed by atoms with van der Waals surface area (Å²) in [6, 6.07) is 11.2. The van der Waals surface area contributed by atoms with Crippen LogP contribution in [0.3, 0.4) is 0 Å². The molecule has 0 atom stereocenters. The van der Waals surface area contributed by atoms with Crippen LogP contribution in [0.5, 0.6) is 11.5 Å². The van der Waals surface area contributed by atoms with E-state index in [2.05, 4.69) is 20.6 Å². The first-order valence-electron chi connectivity index (χ1n) is 11.4. The van der Waals surface area contributed by atoms with Crippen molar-refractivity contribution >= 4 is 44.9 Å². The van der Waals surface area contributed by atoms with Crippen LogP contribution >= 0.6 is 11.6 Å². The minimum Gasteiger partial charge on any atom is -0.456 e. The van der Waals surface area contributed by atoms with Crippen molar-refractivity contribution in [2.24, 2.45) is 0 Å². The van der Waals surface area contributed by atoms with Gasteiger partial charge in [0, 0.05) is 30.1 Å². The van der Waals surface area contributed by atoms with Crippen LogP contribution < -0.4 is 15.4 Å². The molecule has 0 aliphatic heterocycles. The van der Waals surface area contributed by atoms with E-state index in [4.69, 9.17) is 16.3 Å². The lowest BCUT2D eigenvalue weighted by Gasteiger charge is -2.12. The Morgan fingerprint density at radius 3 is 2.57 bits per heavy atom. The second kappa shape index (κ2) is 14.3. The van der Waals surface area contributed by atoms with E-state index >= 15 is 0 Å². The van der Waals surface area contributed by atoms with E-state index in [0.717, 1.165) is 29.6 Å². The molecule has 1 aromatic heterocycles. The third-order valence-corrected chi connectivity index (χ3v) is 5.71. The smallest absolute Gasteiger partial charge is 0.235 e. The lowest BCUT2D eigenvalue weighted by Crippen LogP contribution is -2.30. The van der Waals surface area contributed by atoms with Crippen molar-refractivity contribution in [2.75, 3.05) is 23.9 Å². The van der Waals surface area contributed by atoms with E-state index < -0.39 is 21.5 Å². The van der Waals surface area contributed by atoms with E-state index in [-0.39, 0.29) is 5.82 Å². The summed E-state index contributed by atoms with van der Waals surface area (Å²) in [6.45, 7) is 6.32. The third kappa shape index (κ3) is 10.6. The van der Waals surface area contributed by atoms with Crippen LogP contribution in [0.15, 0.2) is 54.9 Å². The summed E-state index contributed by atoms with van der Waals surface area (Å²) < 4.78 is 40.0. The highest BCUT2D eigenvalue weighted by Crippen LogP contribution is 2.33. The number of carbonyl (C=O) groups is 1. The number of hydrogen-bond acceptors (Lipinski definition) is 7. The topological polar surface area (TPSA) is 110 Å². The van der Waals surface area contributed by atoms with Gasteiger partial charge in [-0.2, -0.15) is 0 Å². The molecule has 1 amide bonds. The Labute approximate surface area is 221 Å². The van der Waals surface area contributed by atoms with E-state index in [9.17, 15) is 17.6 Å². The van der Waals surface area contributed by atoms with Gasteiger partial charge < -0.3 is 15.4 Å². The van der Waals surface area contributed by atoms with Gasteiger partial charge in [-0.25, -0.2) is 22.8 Å². The molecular formula is C26H30ClFN4O4S. The average molecular weight is 549 g/mol. The van der Waals surface area contributed by atoms with Crippen molar-refractivity contribution in [1.29, 1.82) is 0 Å². The van der Waals surface area contributed by atoms with Gasteiger partial charge in [0.05, 0.1) is 10.7 Å². The van der Waals surface area contributed by atoms with Crippen molar-refractivity contribution in [2.45, 2.75) is 27.2 Å². The molecular weight excluding hydrogens is 519 g/mol. The molecule has 0 radical (unpaired) electrons. The normalized spacial score (nSPS) is 11.0. The molecule has 0 aliphatic rings. The Hall–Kier alpha value is -3.50. The lowest BCUT2D eigenvalue weighted by atomic mass is 10.2. The quantitative estimate of drug-likeness (QED) is 0.352. The molecule has 2 N–H and O–H groups in total. The Morgan fingerprint density at radius 1 is 1.19 bits per heavy atom. The van der Waals surface area contributed by atoms with Crippen molar-refractivity contribution in [3.8, 4) is 11.5 Å². The average Bonchev–Trinajstić information content (AvgIpc) is 2.82. The summed E-state index contributed by atoms with van der Waals surface area (Å²) in [4.78, 5) is 19.2. The first kappa shape index (κ1) is 29.7. The molecule has 0 unspecified atom stereocenters. The van der Waals surface area contributed by atoms with Gasteiger partial charge in [0.1, 0.15) is 35.2 Å². The molecule has 37 heavy (non-hydrogen) atoms. The molecule has 0 fully saturated rings. The maximum atomic E-state index is 13.3. The largest absolute Gasteiger partial charge is 0.456 e. The van der Waals surface area contributed by atoms with Gasteiger partial charge in [0.2, 0.25) is 5.91 Å². The van der Waals surface area contributed by atoms with E-state index in [1.807, 2.05) is 39.0 Å². The Bertz CT molecular complexity index is 1350. The van der Waals surface area contributed by atoms with Crippen LogP contribution in [-0.2, 0) is 14.6 Å². The zero-order chi connectivity index (χ0) is 27.4. The molecule has 11 heteroatoms. The van der Waals surface area contributed by atoms with Crippen LogP contribution in [0.1, 0.15) is 31.5 Å². The molecule has 8 nitrogen and oxygen atoms in total. The molecule has 3 aromatic rings. The Kier molecular flexibility index (Phi) is 11.5. The molecule has 0 spiro atoms. The first-order valence-corrected chi connectivity index (χ1v) is 13.8. The van der Waals surface area contributed by atoms with E-state index in [1.165, 1.54) is 18.5 Å². The SMILES string of the molecule is C/C=C\c1ncnc(Nc2ccc(Oc3cccc(F)c3)c(Cl)c2)c1C.CCCNC(=O)CS(C)(=O)=O. The number of amides is 1. The first-order chi connectivity index (χ1) is 17.5. The van der Waals surface area contributed by atoms with Gasteiger partial charge in [-0.15, -0.1) is 0 Å². The predicted octanol–water partition coefficient (Wildman–Crippen LogP) is 5.70. The van der Waals surface area contributed by atoms with Gasteiger partial charge in [-0.1, -0.05) is 30.7 Å². The third-order valence-electron chi connectivity index (χ3n) is 4.63. The molecule has 1 heterocycles. The lowest BCUT2D eigenvalue weighted by molar-refractivity contribution is -0.118. The number of rotatable bonds is 9. The van der Waals surface area contributed by atoms with E-state index in [0.29, 0.717) is 28.9 Å². The van der Waals surface area contributed by atoms with Crippen molar-refractivity contribution in [3.05, 3.63) is 77.0 Å². The number of halogens is 2. The van der Waals surface area contributed by atoms with Crippen molar-refractivity contribution in [3.63, 3.8) is 0 Å². The summed E-state index contributed by atoms with van der Waals surface area (Å²) in [5, 5.41) is 6.10. The standard InChI is InChI=1S/C20H17ClFN3O.C6H13NO3S/c1-3-5-18-13(2)20(24-12-23-18)25-15-8-9-19(17(21)11-15)26-16-7-4-6-14(22)10-16;1-3-4-7-6(8)5-11(2,9)10/h3-12H,1-2H3,(H,23,24,25);3-5H2,1-2H3,(H,7,8)/b5-3-;. The van der Waals surface area contributed by atoms with Crippen molar-refractivity contribution < 1.29 is 22.3 Å². The number of hydrogen-bond donors (Lipinski definition) is 2. The molecule has 3 rings (SSSR count). The van der Waals surface area contributed by atoms with Crippen LogP contribution in [0.2, 0.25) is 5.02 Å². The fourth-order valence-electron chi connectivity index (χ4n) is 2.92. The maximum absolute atomic E-state index is 13.3. The minimum atomic E-state index is -3.17. The molecule has 2 aromatic carbocycles. The fraction of sp³-hybridized carbons (Fsp3) is 0.269. The van der Waals surface area contributed by atoms with Crippen LogP contribution in [0.25, 0.3) is 6.08 Å². The number of nitrogens with zero attached hydrogens (tertiary/aromatic N) is 2. The fourth-order valence-corrected chi connectivity index (χ4v) is 3.72. The number of benzene rings is 2. The molecule has 0 bridgehead atoms. The Morgan fingerprint density at radius 2 is 1.95 bits per heavy atom. The maximum Gasteiger partial charge on any atom is 0.235 e. The van der Waals surface area contributed by atoms with Gasteiger partial charge in [0.25, 0.3) is 0 Å². The number of carbonyl (C=O) groups excluding carboxylic acids is 1. The number of ether oxygens (including phenoxy) is 1. The van der Waals surface area contributed by atoms with Gasteiger partial charge in [-0.05, 0) is 56.7 Å². The van der Waals surface area contributed by atoms with Gasteiger partial charge in [0.15, 0.2) is 9.84 Å². The molecule has 0 saturated carbocycles. The summed E-state index contributed by atoms with van der Waals surface area (Å²) in [5.74, 6) is 0.324. The molecule has 198 valence electrons. The highest BCUT2D eigenvalue weighted by atomic mass is 35.5. The number of sulfone groups is 1. The second-order valence-corrected chi connectivity index (χ2v) is 10.5. The number of aromatic nitrogens is 2. The van der Waals surface area contributed by atoms with Gasteiger partial charge >= 0.3 is 0 Å². The predicted molar refractivity (Wildman–Crippen MR) is 146 cm³/mol. The highest BCUT2D eigenvalue weighted by molar-refractivity contribution is 7.91. The summed E-state index contributed by atoms with van der Waals surface area (Å²) >= 11 is 6.30. The zero-order valence-electron chi connectivity index (χ0n) is 21.1. The van der Waals surface area contributed by atoms with Gasteiger partial charge in [-0.3, -0.25) is 4.79 Å². The molecule has 0 aliphatic carbocycles. The monoisotopic (exact) mass is 548 g/mol.